The van der Waals surface area contributed by atoms with Gasteiger partial charge >= 0.3 is 11.4 Å². The summed E-state index contributed by atoms with van der Waals surface area (Å²) in [5.41, 5.74) is -0.315. The molecule has 0 aliphatic rings. The highest BCUT2D eigenvalue weighted by Gasteiger charge is 2.16. The third kappa shape index (κ3) is 2.59. The summed E-state index contributed by atoms with van der Waals surface area (Å²) in [6.07, 6.45) is 3.63. The molecule has 4 aromatic rings. The van der Waals surface area contributed by atoms with Gasteiger partial charge in [-0.1, -0.05) is 0 Å². The lowest BCUT2D eigenvalue weighted by atomic mass is 10.4. The Morgan fingerprint density at radius 2 is 1.03 bits per heavy atom. The zero-order chi connectivity index (χ0) is 21.0. The molecule has 12 nitrogen and oxygen atoms in total. The molecule has 0 atom stereocenters. The van der Waals surface area contributed by atoms with Crippen molar-refractivity contribution in [2.24, 2.45) is 28.2 Å². The third-order valence-corrected chi connectivity index (χ3v) is 5.23. The Labute approximate surface area is 162 Å². The maximum absolute atomic E-state index is 12.5. The first kappa shape index (κ1) is 18.7. The highest BCUT2D eigenvalue weighted by molar-refractivity contribution is 5.70. The molecule has 12 heteroatoms. The smallest absolute Gasteiger partial charge is 0.325 e. The molecule has 4 heterocycles. The summed E-state index contributed by atoms with van der Waals surface area (Å²) in [7, 11) is 6.00. The molecule has 0 saturated carbocycles. The van der Waals surface area contributed by atoms with E-state index in [0.717, 1.165) is 9.13 Å². The van der Waals surface area contributed by atoms with Crippen molar-refractivity contribution < 1.29 is 0 Å². The molecule has 29 heavy (non-hydrogen) atoms. The SMILES string of the molecule is Cn1c(=O)c2c(ncn2CCCn2cnc3c2c(=O)n(C)c(=O)n3C)n(C)c1=O. The quantitative estimate of drug-likeness (QED) is 0.401. The van der Waals surface area contributed by atoms with Crippen molar-refractivity contribution in [3.63, 3.8) is 0 Å². The number of hydrogen-bond donors (Lipinski definition) is 0. The minimum absolute atomic E-state index is 0.329. The minimum Gasteiger partial charge on any atom is -0.325 e. The predicted octanol–water partition coefficient (Wildman–Crippen LogP) is -1.73. The molecule has 0 spiro atoms. The van der Waals surface area contributed by atoms with E-state index >= 15 is 0 Å². The Morgan fingerprint density at radius 3 is 1.41 bits per heavy atom. The van der Waals surface area contributed by atoms with E-state index in [-0.39, 0.29) is 0 Å². The van der Waals surface area contributed by atoms with Gasteiger partial charge in [0.1, 0.15) is 0 Å². The fourth-order valence-electron chi connectivity index (χ4n) is 3.54. The molecule has 0 unspecified atom stereocenters. The van der Waals surface area contributed by atoms with E-state index in [1.165, 1.54) is 35.9 Å². The maximum Gasteiger partial charge on any atom is 0.332 e. The highest BCUT2D eigenvalue weighted by Crippen LogP contribution is 2.09. The molecule has 4 rings (SSSR count). The summed E-state index contributed by atoms with van der Waals surface area (Å²) in [5, 5.41) is 0. The van der Waals surface area contributed by atoms with Gasteiger partial charge in [0.15, 0.2) is 22.3 Å². The number of nitrogens with zero attached hydrogens (tertiary/aromatic N) is 8. The van der Waals surface area contributed by atoms with Gasteiger partial charge in [-0.3, -0.25) is 27.9 Å². The van der Waals surface area contributed by atoms with Crippen LogP contribution in [-0.4, -0.2) is 37.4 Å². The van der Waals surface area contributed by atoms with Crippen LogP contribution in [0.15, 0.2) is 31.8 Å². The number of fused-ring (bicyclic) bond motifs is 2. The monoisotopic (exact) mass is 400 g/mol. The van der Waals surface area contributed by atoms with Gasteiger partial charge in [0, 0.05) is 41.3 Å². The van der Waals surface area contributed by atoms with Gasteiger partial charge in [0.2, 0.25) is 0 Å². The highest BCUT2D eigenvalue weighted by atomic mass is 16.2. The normalized spacial score (nSPS) is 11.7. The molecule has 0 aliphatic carbocycles. The van der Waals surface area contributed by atoms with E-state index in [9.17, 15) is 19.2 Å². The summed E-state index contributed by atoms with van der Waals surface area (Å²) < 4.78 is 8.16. The first-order chi connectivity index (χ1) is 13.7. The summed E-state index contributed by atoms with van der Waals surface area (Å²) in [6, 6.07) is 0. The van der Waals surface area contributed by atoms with Crippen LogP contribution in [0.25, 0.3) is 22.3 Å². The second-order valence-corrected chi connectivity index (χ2v) is 6.99. The molecular weight excluding hydrogens is 380 g/mol. The molecule has 152 valence electrons. The maximum atomic E-state index is 12.5. The molecule has 0 radical (unpaired) electrons. The zero-order valence-electron chi connectivity index (χ0n) is 16.5. The molecule has 0 N–H and O–H groups in total. The van der Waals surface area contributed by atoms with Gasteiger partial charge in [0.05, 0.1) is 12.7 Å². The van der Waals surface area contributed by atoms with Crippen molar-refractivity contribution in [1.82, 2.24) is 37.4 Å². The summed E-state index contributed by atoms with van der Waals surface area (Å²) >= 11 is 0. The van der Waals surface area contributed by atoms with E-state index in [1.54, 1.807) is 23.2 Å². The summed E-state index contributed by atoms with van der Waals surface area (Å²) in [4.78, 5) is 57.4. The molecule has 0 aliphatic heterocycles. The summed E-state index contributed by atoms with van der Waals surface area (Å²) in [5.74, 6) is 0. The molecule has 0 bridgehead atoms. The van der Waals surface area contributed by atoms with Gasteiger partial charge in [-0.15, -0.1) is 0 Å². The summed E-state index contributed by atoms with van der Waals surface area (Å²) in [6.45, 7) is 0.908. The standard InChI is InChI=1S/C17H20N8O4/c1-20-12-10(14(26)22(3)16(20)28)24(8-18-12)6-5-7-25-9-19-13-11(25)15(27)23(4)17(29)21(13)2/h8-9H,5-7H2,1-4H3. The Bertz CT molecular complexity index is 1390. The van der Waals surface area contributed by atoms with Gasteiger partial charge < -0.3 is 9.13 Å². The van der Waals surface area contributed by atoms with Crippen molar-refractivity contribution in [2.75, 3.05) is 0 Å². The molecule has 0 aromatic carbocycles. The van der Waals surface area contributed by atoms with Crippen molar-refractivity contribution in [2.45, 2.75) is 19.5 Å². The number of imidazole rings is 2. The number of aryl methyl sites for hydroxylation is 4. The Hall–Kier alpha value is -3.70. The van der Waals surface area contributed by atoms with E-state index in [4.69, 9.17) is 0 Å². The first-order valence-electron chi connectivity index (χ1n) is 8.95. The van der Waals surface area contributed by atoms with Gasteiger partial charge in [-0.2, -0.15) is 0 Å². The molecule has 0 saturated heterocycles. The third-order valence-electron chi connectivity index (χ3n) is 5.23. The van der Waals surface area contributed by atoms with Crippen LogP contribution in [-0.2, 0) is 41.3 Å². The Morgan fingerprint density at radius 1 is 0.655 bits per heavy atom. The lowest BCUT2D eigenvalue weighted by Crippen LogP contribution is -2.37. The fourth-order valence-corrected chi connectivity index (χ4v) is 3.54. The minimum atomic E-state index is -0.431. The van der Waals surface area contributed by atoms with E-state index in [0.29, 0.717) is 41.8 Å². The number of aromatic nitrogens is 8. The van der Waals surface area contributed by atoms with Crippen molar-refractivity contribution >= 4 is 22.3 Å². The molecule has 4 aromatic heterocycles. The van der Waals surface area contributed by atoms with Crippen molar-refractivity contribution in [1.29, 1.82) is 0 Å². The van der Waals surface area contributed by atoms with Crippen LogP contribution in [0.5, 0.6) is 0 Å². The van der Waals surface area contributed by atoms with Crippen LogP contribution in [0.3, 0.4) is 0 Å². The average molecular weight is 400 g/mol. The van der Waals surface area contributed by atoms with Crippen LogP contribution in [0.2, 0.25) is 0 Å². The second-order valence-electron chi connectivity index (χ2n) is 6.99. The first-order valence-corrected chi connectivity index (χ1v) is 8.95. The van der Waals surface area contributed by atoms with Gasteiger partial charge in [-0.25, -0.2) is 19.6 Å². The molecule has 0 amide bonds. The average Bonchev–Trinajstić information content (AvgIpc) is 3.32. The predicted molar refractivity (Wildman–Crippen MR) is 105 cm³/mol. The number of rotatable bonds is 4. The Kier molecular flexibility index (Phi) is 4.14. The van der Waals surface area contributed by atoms with Crippen LogP contribution in [0.4, 0.5) is 0 Å². The van der Waals surface area contributed by atoms with Crippen LogP contribution in [0.1, 0.15) is 6.42 Å². The van der Waals surface area contributed by atoms with Crippen LogP contribution >= 0.6 is 0 Å². The Balaban J connectivity index is 1.67. The van der Waals surface area contributed by atoms with Gasteiger partial charge in [0.25, 0.3) is 11.1 Å². The van der Waals surface area contributed by atoms with Crippen LogP contribution < -0.4 is 22.5 Å². The van der Waals surface area contributed by atoms with Crippen molar-refractivity contribution in [3.8, 4) is 0 Å². The molecule has 0 fully saturated rings. The van der Waals surface area contributed by atoms with E-state index in [1.807, 2.05) is 0 Å². The number of hydrogen-bond acceptors (Lipinski definition) is 6. The lowest BCUT2D eigenvalue weighted by molar-refractivity contribution is 0.575. The lowest BCUT2D eigenvalue weighted by Gasteiger charge is -2.08. The topological polar surface area (TPSA) is 124 Å². The zero-order valence-corrected chi connectivity index (χ0v) is 16.5. The largest absolute Gasteiger partial charge is 0.332 e. The molecular formula is C17H20N8O4. The van der Waals surface area contributed by atoms with Gasteiger partial charge in [-0.05, 0) is 6.42 Å². The van der Waals surface area contributed by atoms with E-state index in [2.05, 4.69) is 9.97 Å². The van der Waals surface area contributed by atoms with Crippen LogP contribution in [0, 0.1) is 0 Å². The van der Waals surface area contributed by atoms with Crippen molar-refractivity contribution in [3.05, 3.63) is 54.3 Å². The fraction of sp³-hybridized carbons (Fsp3) is 0.412. The second kappa shape index (κ2) is 6.43. The van der Waals surface area contributed by atoms with E-state index < -0.39 is 22.5 Å².